The van der Waals surface area contributed by atoms with Gasteiger partial charge in [-0.2, -0.15) is 0 Å². The standard InChI is InChI=1S/C29H24FIN2O6S2/c1-3-37-23-13-17(12-22(31)26(23)39-16-25(34)38-4-2)14-24-28(36)33(29(40)41-24)21-7-5-6-18(15-21)27(35)32-20-10-8-19(30)9-11-20/h5-15H,3-4,16H2,1-2H3,(H,32,35)/b24-14+. The third-order valence-electron chi connectivity index (χ3n) is 5.53. The highest BCUT2D eigenvalue weighted by atomic mass is 127. The summed E-state index contributed by atoms with van der Waals surface area (Å²) < 4.78 is 30.5. The van der Waals surface area contributed by atoms with Crippen LogP contribution < -0.4 is 19.7 Å². The fourth-order valence-corrected chi connectivity index (χ4v) is 5.85. The van der Waals surface area contributed by atoms with Crippen LogP contribution in [0.3, 0.4) is 0 Å². The summed E-state index contributed by atoms with van der Waals surface area (Å²) in [6, 6.07) is 15.5. The topological polar surface area (TPSA) is 94.2 Å². The maximum absolute atomic E-state index is 13.4. The lowest BCUT2D eigenvalue weighted by Gasteiger charge is -2.16. The predicted molar refractivity (Wildman–Crippen MR) is 169 cm³/mol. The van der Waals surface area contributed by atoms with Crippen LogP contribution in [0.1, 0.15) is 29.8 Å². The predicted octanol–water partition coefficient (Wildman–Crippen LogP) is 6.43. The van der Waals surface area contributed by atoms with Crippen molar-refractivity contribution in [1.29, 1.82) is 0 Å². The van der Waals surface area contributed by atoms with Gasteiger partial charge in [-0.1, -0.05) is 30.0 Å². The second kappa shape index (κ2) is 13.9. The van der Waals surface area contributed by atoms with Gasteiger partial charge in [-0.3, -0.25) is 14.5 Å². The molecule has 4 rings (SSSR count). The van der Waals surface area contributed by atoms with E-state index >= 15 is 0 Å². The number of nitrogens with zero attached hydrogens (tertiary/aromatic N) is 1. The highest BCUT2D eigenvalue weighted by Gasteiger charge is 2.33. The summed E-state index contributed by atoms with van der Waals surface area (Å²) in [4.78, 5) is 39.7. The number of halogens is 2. The molecule has 1 saturated heterocycles. The highest BCUT2D eigenvalue weighted by Crippen LogP contribution is 2.39. The fourth-order valence-electron chi connectivity index (χ4n) is 3.77. The molecule has 1 aliphatic heterocycles. The first-order valence-electron chi connectivity index (χ1n) is 12.4. The van der Waals surface area contributed by atoms with Crippen molar-refractivity contribution in [2.45, 2.75) is 13.8 Å². The number of thiocarbonyl (C=S) groups is 1. The molecular formula is C29H24FIN2O6S2. The highest BCUT2D eigenvalue weighted by molar-refractivity contribution is 14.1. The lowest BCUT2D eigenvalue weighted by atomic mass is 10.1. The van der Waals surface area contributed by atoms with E-state index < -0.39 is 17.7 Å². The first-order chi connectivity index (χ1) is 19.7. The lowest BCUT2D eigenvalue weighted by Crippen LogP contribution is -2.27. The molecule has 0 spiro atoms. The Balaban J connectivity index is 1.55. The average Bonchev–Trinajstić information content (AvgIpc) is 3.22. The molecule has 0 aliphatic carbocycles. The van der Waals surface area contributed by atoms with E-state index in [1.165, 1.54) is 29.2 Å². The van der Waals surface area contributed by atoms with Gasteiger partial charge in [0.05, 0.1) is 27.4 Å². The monoisotopic (exact) mass is 706 g/mol. The second-order valence-electron chi connectivity index (χ2n) is 8.39. The van der Waals surface area contributed by atoms with E-state index in [0.29, 0.717) is 53.4 Å². The van der Waals surface area contributed by atoms with Gasteiger partial charge in [0, 0.05) is 11.3 Å². The molecule has 2 amide bonds. The Hall–Kier alpha value is -3.49. The van der Waals surface area contributed by atoms with Crippen LogP contribution in [0.15, 0.2) is 65.6 Å². The van der Waals surface area contributed by atoms with Gasteiger partial charge in [-0.25, -0.2) is 9.18 Å². The summed E-state index contributed by atoms with van der Waals surface area (Å²) in [6.45, 7) is 3.90. The fraction of sp³-hybridized carbons (Fsp3) is 0.172. The van der Waals surface area contributed by atoms with Gasteiger partial charge >= 0.3 is 5.97 Å². The van der Waals surface area contributed by atoms with Gasteiger partial charge in [-0.15, -0.1) is 0 Å². The maximum atomic E-state index is 13.4. The van der Waals surface area contributed by atoms with E-state index in [1.54, 1.807) is 49.4 Å². The van der Waals surface area contributed by atoms with Crippen LogP contribution in [-0.4, -0.2) is 41.9 Å². The van der Waals surface area contributed by atoms with E-state index in [9.17, 15) is 18.8 Å². The molecule has 12 heteroatoms. The normalized spacial score (nSPS) is 13.9. The van der Waals surface area contributed by atoms with Gasteiger partial charge in [0.1, 0.15) is 5.82 Å². The van der Waals surface area contributed by atoms with E-state index in [2.05, 4.69) is 27.9 Å². The Labute approximate surface area is 259 Å². The molecule has 0 bridgehead atoms. The lowest BCUT2D eigenvalue weighted by molar-refractivity contribution is -0.145. The maximum Gasteiger partial charge on any atom is 0.344 e. The first kappa shape index (κ1) is 30.5. The molecule has 0 radical (unpaired) electrons. The van der Waals surface area contributed by atoms with E-state index in [0.717, 1.165) is 11.8 Å². The van der Waals surface area contributed by atoms with Gasteiger partial charge in [0.25, 0.3) is 11.8 Å². The number of nitrogens with one attached hydrogen (secondary N) is 1. The van der Waals surface area contributed by atoms with E-state index in [-0.39, 0.29) is 19.1 Å². The number of hydrogen-bond acceptors (Lipinski definition) is 8. The van der Waals surface area contributed by atoms with E-state index in [4.69, 9.17) is 26.4 Å². The number of amides is 2. The molecular weight excluding hydrogens is 682 g/mol. The van der Waals surface area contributed by atoms with Gasteiger partial charge < -0.3 is 19.5 Å². The van der Waals surface area contributed by atoms with Crippen molar-refractivity contribution in [2.24, 2.45) is 0 Å². The second-order valence-corrected chi connectivity index (χ2v) is 11.2. The third-order valence-corrected chi connectivity index (χ3v) is 7.63. The Bertz CT molecular complexity index is 1530. The van der Waals surface area contributed by atoms with Gasteiger partial charge in [-0.05, 0) is 103 Å². The van der Waals surface area contributed by atoms with Crippen LogP contribution in [0.5, 0.6) is 11.5 Å². The van der Waals surface area contributed by atoms with Gasteiger partial charge in [0.2, 0.25) is 0 Å². The first-order valence-corrected chi connectivity index (χ1v) is 14.7. The third kappa shape index (κ3) is 7.63. The summed E-state index contributed by atoms with van der Waals surface area (Å²) in [5.74, 6) is -0.828. The Morgan fingerprint density at radius 2 is 1.83 bits per heavy atom. The molecule has 1 aliphatic rings. The van der Waals surface area contributed by atoms with Gasteiger partial charge in [0.15, 0.2) is 22.4 Å². The van der Waals surface area contributed by atoms with Crippen LogP contribution in [-0.2, 0) is 14.3 Å². The van der Waals surface area contributed by atoms with Crippen LogP contribution in [0.2, 0.25) is 0 Å². The minimum Gasteiger partial charge on any atom is -0.490 e. The number of hydrogen-bond donors (Lipinski definition) is 1. The Morgan fingerprint density at radius 3 is 2.54 bits per heavy atom. The molecule has 0 atom stereocenters. The Kier molecular flexibility index (Phi) is 10.3. The minimum absolute atomic E-state index is 0.252. The number of benzene rings is 3. The summed E-state index contributed by atoms with van der Waals surface area (Å²) >= 11 is 8.73. The summed E-state index contributed by atoms with van der Waals surface area (Å²) in [5.41, 5.74) is 1.86. The smallest absolute Gasteiger partial charge is 0.344 e. The number of esters is 1. The zero-order chi connectivity index (χ0) is 29.5. The van der Waals surface area contributed by atoms with Crippen molar-refractivity contribution >= 4 is 86.1 Å². The van der Waals surface area contributed by atoms with Crippen molar-refractivity contribution in [2.75, 3.05) is 30.0 Å². The largest absolute Gasteiger partial charge is 0.490 e. The zero-order valence-electron chi connectivity index (χ0n) is 21.9. The van der Waals surface area contributed by atoms with E-state index in [1.807, 2.05) is 6.92 Å². The zero-order valence-corrected chi connectivity index (χ0v) is 25.7. The Morgan fingerprint density at radius 1 is 1.07 bits per heavy atom. The van der Waals surface area contributed by atoms with Crippen LogP contribution in [0.4, 0.5) is 15.8 Å². The van der Waals surface area contributed by atoms with Crippen LogP contribution in [0.25, 0.3) is 6.08 Å². The number of carbonyl (C=O) groups is 3. The number of anilines is 2. The molecule has 0 unspecified atom stereocenters. The summed E-state index contributed by atoms with van der Waals surface area (Å²) in [5, 5.41) is 2.71. The SMILES string of the molecule is CCOC(=O)COc1c(I)cc(/C=C2/SC(=S)N(c3cccc(C(=O)Nc4ccc(F)cc4)c3)C2=O)cc1OCC. The average molecular weight is 707 g/mol. The number of ether oxygens (including phenoxy) is 3. The molecule has 0 aromatic heterocycles. The molecule has 8 nitrogen and oxygen atoms in total. The van der Waals surface area contributed by atoms with Crippen LogP contribution in [0, 0.1) is 9.39 Å². The number of carbonyl (C=O) groups excluding carboxylic acids is 3. The van der Waals surface area contributed by atoms with Crippen molar-refractivity contribution < 1.29 is 33.0 Å². The molecule has 212 valence electrons. The van der Waals surface area contributed by atoms with Crippen molar-refractivity contribution in [3.05, 3.63) is 86.1 Å². The molecule has 1 N–H and O–H groups in total. The summed E-state index contributed by atoms with van der Waals surface area (Å²) in [7, 11) is 0. The molecule has 3 aromatic carbocycles. The molecule has 1 heterocycles. The molecule has 1 fully saturated rings. The number of rotatable bonds is 10. The van der Waals surface area contributed by atoms with Crippen molar-refractivity contribution in [3.8, 4) is 11.5 Å². The molecule has 41 heavy (non-hydrogen) atoms. The summed E-state index contributed by atoms with van der Waals surface area (Å²) in [6.07, 6.45) is 1.70. The molecule has 0 saturated carbocycles. The number of thioether (sulfide) groups is 1. The van der Waals surface area contributed by atoms with Crippen LogP contribution >= 0.6 is 46.6 Å². The van der Waals surface area contributed by atoms with Crippen molar-refractivity contribution in [3.63, 3.8) is 0 Å². The quantitative estimate of drug-likeness (QED) is 0.112. The minimum atomic E-state index is -0.490. The molecule has 3 aromatic rings. The van der Waals surface area contributed by atoms with Crippen molar-refractivity contribution in [1.82, 2.24) is 0 Å².